The molecule has 0 radical (unpaired) electrons. The molecule has 1 aromatic rings. The van der Waals surface area contributed by atoms with Gasteiger partial charge in [0.1, 0.15) is 11.3 Å². The molecule has 1 heterocycles. The summed E-state index contributed by atoms with van der Waals surface area (Å²) in [7, 11) is 1.60. The summed E-state index contributed by atoms with van der Waals surface area (Å²) in [5.41, 5.74) is 0.159. The van der Waals surface area contributed by atoms with Gasteiger partial charge in [0.05, 0.1) is 18.1 Å². The van der Waals surface area contributed by atoms with Crippen LogP contribution in [0, 0.1) is 5.92 Å². The van der Waals surface area contributed by atoms with E-state index in [1.165, 1.54) is 4.90 Å². The minimum Gasteiger partial charge on any atom is -0.496 e. The number of carbonyl (C=O) groups excluding carboxylic acids is 2. The minimum absolute atomic E-state index is 0.123. The maximum Gasteiger partial charge on any atom is 0.325 e. The molecule has 1 aliphatic carbocycles. The molecule has 2 aliphatic rings. The molecule has 5 nitrogen and oxygen atoms in total. The second-order valence-corrected chi connectivity index (χ2v) is 6.62. The van der Waals surface area contributed by atoms with Crippen LogP contribution in [0.3, 0.4) is 0 Å². The molecule has 3 amide bonds. The monoisotopic (exact) mass is 352 g/mol. The maximum absolute atomic E-state index is 12.5. The highest BCUT2D eigenvalue weighted by molar-refractivity contribution is 9.10. The molecule has 0 spiro atoms. The molecule has 112 valence electrons. The standard InChI is InChI=1S/C15H17BrN2O3/c1-15(10-4-5-10)13(19)18(14(20)17-15)8-9-3-6-12(21-2)11(16)7-9/h3,6-7,10H,4-5,8H2,1-2H3,(H,17,20). The van der Waals surface area contributed by atoms with Gasteiger partial charge in [-0.2, -0.15) is 0 Å². The summed E-state index contributed by atoms with van der Waals surface area (Å²) >= 11 is 3.41. The van der Waals surface area contributed by atoms with Gasteiger partial charge in [0.15, 0.2) is 0 Å². The van der Waals surface area contributed by atoms with Crippen LogP contribution in [0.25, 0.3) is 0 Å². The third-order valence-corrected chi connectivity index (χ3v) is 4.87. The lowest BCUT2D eigenvalue weighted by atomic mass is 9.96. The van der Waals surface area contributed by atoms with E-state index in [1.807, 2.05) is 25.1 Å². The van der Waals surface area contributed by atoms with Crippen molar-refractivity contribution in [3.63, 3.8) is 0 Å². The first-order chi connectivity index (χ1) is 9.95. The summed E-state index contributed by atoms with van der Waals surface area (Å²) < 4.78 is 5.98. The van der Waals surface area contributed by atoms with E-state index >= 15 is 0 Å². The molecule has 1 saturated heterocycles. The van der Waals surface area contributed by atoms with Crippen LogP contribution >= 0.6 is 15.9 Å². The highest BCUT2D eigenvalue weighted by Gasteiger charge is 2.55. The van der Waals surface area contributed by atoms with Crippen LogP contribution in [-0.4, -0.2) is 29.5 Å². The summed E-state index contributed by atoms with van der Waals surface area (Å²) in [5.74, 6) is 0.877. The maximum atomic E-state index is 12.5. The molecule has 1 aromatic carbocycles. The summed E-state index contributed by atoms with van der Waals surface area (Å²) in [6.07, 6.45) is 2.01. The number of benzene rings is 1. The Balaban J connectivity index is 1.80. The molecule has 0 aromatic heterocycles. The fourth-order valence-corrected chi connectivity index (χ4v) is 3.38. The number of methoxy groups -OCH3 is 1. The SMILES string of the molecule is COc1ccc(CN2C(=O)NC(C)(C3CC3)C2=O)cc1Br. The normalized spacial score (nSPS) is 25.2. The Hall–Kier alpha value is -1.56. The largest absolute Gasteiger partial charge is 0.496 e. The Labute approximate surface area is 131 Å². The summed E-state index contributed by atoms with van der Waals surface area (Å²) in [4.78, 5) is 25.9. The zero-order chi connectivity index (χ0) is 15.2. The van der Waals surface area contributed by atoms with E-state index < -0.39 is 5.54 Å². The topological polar surface area (TPSA) is 58.6 Å². The predicted molar refractivity (Wildman–Crippen MR) is 80.9 cm³/mol. The number of nitrogens with zero attached hydrogens (tertiary/aromatic N) is 1. The van der Waals surface area contributed by atoms with Gasteiger partial charge in [-0.25, -0.2) is 4.79 Å². The van der Waals surface area contributed by atoms with Crippen LogP contribution in [-0.2, 0) is 11.3 Å². The van der Waals surface area contributed by atoms with Crippen LogP contribution < -0.4 is 10.1 Å². The number of urea groups is 1. The third-order valence-electron chi connectivity index (χ3n) is 4.25. The first kappa shape index (κ1) is 14.4. The van der Waals surface area contributed by atoms with Crippen LogP contribution in [0.15, 0.2) is 22.7 Å². The number of imide groups is 1. The van der Waals surface area contributed by atoms with Gasteiger partial charge in [0, 0.05) is 0 Å². The zero-order valence-electron chi connectivity index (χ0n) is 12.0. The minimum atomic E-state index is -0.721. The molecule has 0 bridgehead atoms. The fourth-order valence-electron chi connectivity index (χ4n) is 2.79. The Morgan fingerprint density at radius 2 is 2.14 bits per heavy atom. The number of rotatable bonds is 4. The number of hydrogen-bond acceptors (Lipinski definition) is 3. The Morgan fingerprint density at radius 1 is 1.43 bits per heavy atom. The molecule has 3 rings (SSSR count). The van der Waals surface area contributed by atoms with E-state index in [9.17, 15) is 9.59 Å². The quantitative estimate of drug-likeness (QED) is 0.847. The van der Waals surface area contributed by atoms with E-state index in [2.05, 4.69) is 21.2 Å². The van der Waals surface area contributed by atoms with Crippen molar-refractivity contribution >= 4 is 27.9 Å². The van der Waals surface area contributed by atoms with E-state index in [1.54, 1.807) is 7.11 Å². The van der Waals surface area contributed by atoms with Gasteiger partial charge < -0.3 is 10.1 Å². The van der Waals surface area contributed by atoms with Crippen molar-refractivity contribution in [1.29, 1.82) is 0 Å². The number of hydrogen-bond donors (Lipinski definition) is 1. The van der Waals surface area contributed by atoms with Gasteiger partial charge in [0.2, 0.25) is 0 Å². The number of ether oxygens (including phenoxy) is 1. The molecule has 1 unspecified atom stereocenters. The smallest absolute Gasteiger partial charge is 0.325 e. The van der Waals surface area contributed by atoms with Crippen molar-refractivity contribution in [1.82, 2.24) is 10.2 Å². The molecule has 1 atom stereocenters. The average Bonchev–Trinajstić information content (AvgIpc) is 3.25. The van der Waals surface area contributed by atoms with Gasteiger partial charge in [-0.1, -0.05) is 6.07 Å². The van der Waals surface area contributed by atoms with Crippen LogP contribution in [0.1, 0.15) is 25.3 Å². The molecular weight excluding hydrogens is 336 g/mol. The van der Waals surface area contributed by atoms with Crippen molar-refractivity contribution in [3.05, 3.63) is 28.2 Å². The number of nitrogens with one attached hydrogen (secondary N) is 1. The molecule has 6 heteroatoms. The summed E-state index contributed by atoms with van der Waals surface area (Å²) in [6, 6.07) is 5.24. The lowest BCUT2D eigenvalue weighted by Gasteiger charge is -2.21. The molecular formula is C15H17BrN2O3. The fraction of sp³-hybridized carbons (Fsp3) is 0.467. The average molecular weight is 353 g/mol. The van der Waals surface area contributed by atoms with Crippen molar-refractivity contribution in [2.24, 2.45) is 5.92 Å². The van der Waals surface area contributed by atoms with Crippen LogP contribution in [0.5, 0.6) is 5.75 Å². The van der Waals surface area contributed by atoms with Crippen molar-refractivity contribution in [3.8, 4) is 5.75 Å². The molecule has 1 saturated carbocycles. The molecule has 2 fully saturated rings. The first-order valence-corrected chi connectivity index (χ1v) is 7.71. The second kappa shape index (κ2) is 5.02. The van der Waals surface area contributed by atoms with E-state index in [4.69, 9.17) is 4.74 Å². The van der Waals surface area contributed by atoms with Gasteiger partial charge in [-0.05, 0) is 59.3 Å². The lowest BCUT2D eigenvalue weighted by Crippen LogP contribution is -2.46. The van der Waals surface area contributed by atoms with Gasteiger partial charge in [0.25, 0.3) is 5.91 Å². The highest BCUT2D eigenvalue weighted by atomic mass is 79.9. The van der Waals surface area contributed by atoms with Crippen molar-refractivity contribution in [2.45, 2.75) is 31.8 Å². The summed E-state index contributed by atoms with van der Waals surface area (Å²) in [6.45, 7) is 2.10. The number of amides is 3. The van der Waals surface area contributed by atoms with Gasteiger partial charge in [-0.3, -0.25) is 9.69 Å². The number of carbonyl (C=O) groups is 2. The van der Waals surface area contributed by atoms with E-state index in [0.29, 0.717) is 0 Å². The van der Waals surface area contributed by atoms with Crippen molar-refractivity contribution < 1.29 is 14.3 Å². The van der Waals surface area contributed by atoms with Crippen molar-refractivity contribution in [2.75, 3.05) is 7.11 Å². The van der Waals surface area contributed by atoms with Gasteiger partial charge in [-0.15, -0.1) is 0 Å². The Morgan fingerprint density at radius 3 is 2.71 bits per heavy atom. The summed E-state index contributed by atoms with van der Waals surface area (Å²) in [5, 5.41) is 2.85. The Kier molecular flexibility index (Phi) is 3.43. The number of halogens is 1. The zero-order valence-corrected chi connectivity index (χ0v) is 13.6. The Bertz CT molecular complexity index is 615. The van der Waals surface area contributed by atoms with E-state index in [-0.39, 0.29) is 24.4 Å². The third kappa shape index (κ3) is 2.41. The first-order valence-electron chi connectivity index (χ1n) is 6.92. The van der Waals surface area contributed by atoms with Crippen LogP contribution in [0.2, 0.25) is 0 Å². The molecule has 1 aliphatic heterocycles. The predicted octanol–water partition coefficient (Wildman–Crippen LogP) is 2.68. The van der Waals surface area contributed by atoms with Crippen LogP contribution in [0.4, 0.5) is 4.79 Å². The van der Waals surface area contributed by atoms with Gasteiger partial charge >= 0.3 is 6.03 Å². The van der Waals surface area contributed by atoms with E-state index in [0.717, 1.165) is 28.6 Å². The molecule has 21 heavy (non-hydrogen) atoms. The lowest BCUT2D eigenvalue weighted by molar-refractivity contribution is -0.131. The molecule has 1 N–H and O–H groups in total. The highest BCUT2D eigenvalue weighted by Crippen LogP contribution is 2.42. The second-order valence-electron chi connectivity index (χ2n) is 5.77.